The molecule has 0 bridgehead atoms. The van der Waals surface area contributed by atoms with Crippen LogP contribution < -0.4 is 5.32 Å². The summed E-state index contributed by atoms with van der Waals surface area (Å²) in [5, 5.41) is 9.56. The monoisotopic (exact) mass is 265 g/mol. The van der Waals surface area contributed by atoms with Gasteiger partial charge in [0.25, 0.3) is 5.91 Å². The molecule has 7 nitrogen and oxygen atoms in total. The number of H-pyrrole nitrogens is 1. The number of amides is 2. The first-order valence-electron chi connectivity index (χ1n) is 6.57. The summed E-state index contributed by atoms with van der Waals surface area (Å²) in [6, 6.07) is 0.167. The molecule has 1 fully saturated rings. The van der Waals surface area contributed by atoms with Gasteiger partial charge < -0.3 is 10.2 Å². The van der Waals surface area contributed by atoms with Crippen molar-refractivity contribution in [2.24, 2.45) is 0 Å². The number of likely N-dealkylation sites (tertiary alicyclic amines) is 1. The molecule has 104 valence electrons. The summed E-state index contributed by atoms with van der Waals surface area (Å²) < 4.78 is 0. The highest BCUT2D eigenvalue weighted by molar-refractivity contribution is 5.90. The maximum absolute atomic E-state index is 12.2. The van der Waals surface area contributed by atoms with Gasteiger partial charge in [0.05, 0.1) is 0 Å². The Morgan fingerprint density at radius 1 is 1.42 bits per heavy atom. The van der Waals surface area contributed by atoms with Crippen LogP contribution in [0.1, 0.15) is 43.1 Å². The second-order valence-corrected chi connectivity index (χ2v) is 4.73. The van der Waals surface area contributed by atoms with E-state index in [1.807, 2.05) is 6.92 Å². The van der Waals surface area contributed by atoms with Crippen molar-refractivity contribution in [1.29, 1.82) is 0 Å². The SMILES string of the molecule is CCc1nc(C(=O)N2CCC(NC(C)=O)CC2)n[nH]1. The lowest BCUT2D eigenvalue weighted by molar-refractivity contribution is -0.119. The Labute approximate surface area is 111 Å². The van der Waals surface area contributed by atoms with Gasteiger partial charge in [0, 0.05) is 32.5 Å². The minimum Gasteiger partial charge on any atom is -0.353 e. The normalized spacial score (nSPS) is 16.4. The fraction of sp³-hybridized carbons (Fsp3) is 0.667. The van der Waals surface area contributed by atoms with E-state index in [0.29, 0.717) is 13.1 Å². The van der Waals surface area contributed by atoms with Crippen LogP contribution in [-0.2, 0) is 11.2 Å². The third-order valence-electron chi connectivity index (χ3n) is 3.25. The molecule has 7 heteroatoms. The zero-order valence-electron chi connectivity index (χ0n) is 11.3. The highest BCUT2D eigenvalue weighted by Gasteiger charge is 2.26. The van der Waals surface area contributed by atoms with Gasteiger partial charge >= 0.3 is 0 Å². The van der Waals surface area contributed by atoms with Crippen LogP contribution in [0.25, 0.3) is 0 Å². The number of piperidine rings is 1. The Morgan fingerprint density at radius 2 is 2.11 bits per heavy atom. The molecule has 0 aliphatic carbocycles. The molecule has 0 atom stereocenters. The predicted octanol–water partition coefficient (Wildman–Crippen LogP) is 0.108. The molecule has 0 aromatic carbocycles. The van der Waals surface area contributed by atoms with Gasteiger partial charge in [-0.25, -0.2) is 4.98 Å². The molecule has 0 spiro atoms. The summed E-state index contributed by atoms with van der Waals surface area (Å²) in [5.41, 5.74) is 0. The van der Waals surface area contributed by atoms with Crippen LogP contribution in [0.15, 0.2) is 0 Å². The van der Waals surface area contributed by atoms with Crippen molar-refractivity contribution in [3.8, 4) is 0 Å². The van der Waals surface area contributed by atoms with E-state index in [1.54, 1.807) is 4.90 Å². The minimum atomic E-state index is -0.141. The number of hydrogen-bond donors (Lipinski definition) is 2. The van der Waals surface area contributed by atoms with Gasteiger partial charge in [0.1, 0.15) is 5.82 Å². The predicted molar refractivity (Wildman–Crippen MR) is 68.5 cm³/mol. The van der Waals surface area contributed by atoms with Gasteiger partial charge in [0.15, 0.2) is 0 Å². The van der Waals surface area contributed by atoms with E-state index >= 15 is 0 Å². The summed E-state index contributed by atoms with van der Waals surface area (Å²) in [7, 11) is 0. The Kier molecular flexibility index (Phi) is 4.13. The summed E-state index contributed by atoms with van der Waals surface area (Å²) in [6.07, 6.45) is 2.28. The Balaban J connectivity index is 1.90. The van der Waals surface area contributed by atoms with Gasteiger partial charge in [-0.2, -0.15) is 0 Å². The number of carbonyl (C=O) groups excluding carboxylic acids is 2. The van der Waals surface area contributed by atoms with E-state index in [9.17, 15) is 9.59 Å². The van der Waals surface area contributed by atoms with E-state index in [2.05, 4.69) is 20.5 Å². The first kappa shape index (κ1) is 13.5. The Morgan fingerprint density at radius 3 is 2.63 bits per heavy atom. The second kappa shape index (κ2) is 5.81. The maximum Gasteiger partial charge on any atom is 0.293 e. The third-order valence-corrected chi connectivity index (χ3v) is 3.25. The maximum atomic E-state index is 12.2. The lowest BCUT2D eigenvalue weighted by Gasteiger charge is -2.31. The molecule has 0 unspecified atom stereocenters. The summed E-state index contributed by atoms with van der Waals surface area (Å²) in [6.45, 7) is 4.71. The molecule has 1 aliphatic heterocycles. The molecule has 19 heavy (non-hydrogen) atoms. The Bertz CT molecular complexity index is 462. The zero-order chi connectivity index (χ0) is 13.8. The summed E-state index contributed by atoms with van der Waals surface area (Å²) >= 11 is 0. The quantitative estimate of drug-likeness (QED) is 0.811. The molecule has 2 rings (SSSR count). The van der Waals surface area contributed by atoms with Gasteiger partial charge in [0.2, 0.25) is 11.7 Å². The minimum absolute atomic E-state index is 0.0219. The van der Waals surface area contributed by atoms with E-state index < -0.39 is 0 Å². The van der Waals surface area contributed by atoms with Gasteiger partial charge in [-0.3, -0.25) is 14.7 Å². The average molecular weight is 265 g/mol. The van der Waals surface area contributed by atoms with Crippen LogP contribution in [0, 0.1) is 0 Å². The number of nitrogens with zero attached hydrogens (tertiary/aromatic N) is 3. The molecule has 2 N–H and O–H groups in total. The standard InChI is InChI=1S/C12H19N5O2/c1-3-10-14-11(16-15-10)12(19)17-6-4-9(5-7-17)13-8(2)18/h9H,3-7H2,1-2H3,(H,13,18)(H,14,15,16). The highest BCUT2D eigenvalue weighted by Crippen LogP contribution is 2.12. The molecule has 1 aromatic heterocycles. The molecule has 1 aromatic rings. The van der Waals surface area contributed by atoms with E-state index in [0.717, 1.165) is 25.1 Å². The molecule has 1 saturated heterocycles. The van der Waals surface area contributed by atoms with Crippen LogP contribution in [-0.4, -0.2) is 51.0 Å². The van der Waals surface area contributed by atoms with E-state index in [-0.39, 0.29) is 23.7 Å². The Hall–Kier alpha value is -1.92. The fourth-order valence-corrected chi connectivity index (χ4v) is 2.20. The number of aryl methyl sites for hydroxylation is 1. The van der Waals surface area contributed by atoms with Gasteiger partial charge in [-0.15, -0.1) is 5.10 Å². The van der Waals surface area contributed by atoms with E-state index in [1.165, 1.54) is 6.92 Å². The molecular formula is C12H19N5O2. The molecular weight excluding hydrogens is 246 g/mol. The van der Waals surface area contributed by atoms with E-state index in [4.69, 9.17) is 0 Å². The van der Waals surface area contributed by atoms with Gasteiger partial charge in [-0.05, 0) is 12.8 Å². The lowest BCUT2D eigenvalue weighted by atomic mass is 10.0. The number of hydrogen-bond acceptors (Lipinski definition) is 4. The molecule has 2 amide bonds. The largest absolute Gasteiger partial charge is 0.353 e. The molecule has 0 radical (unpaired) electrons. The van der Waals surface area contributed by atoms with Crippen molar-refractivity contribution in [2.45, 2.75) is 39.2 Å². The molecule has 2 heterocycles. The second-order valence-electron chi connectivity index (χ2n) is 4.73. The summed E-state index contributed by atoms with van der Waals surface area (Å²) in [4.78, 5) is 29.0. The van der Waals surface area contributed by atoms with Crippen LogP contribution in [0.5, 0.6) is 0 Å². The van der Waals surface area contributed by atoms with Crippen molar-refractivity contribution in [1.82, 2.24) is 25.4 Å². The van der Waals surface area contributed by atoms with Gasteiger partial charge in [-0.1, -0.05) is 6.92 Å². The van der Waals surface area contributed by atoms with Crippen LogP contribution in [0.4, 0.5) is 0 Å². The van der Waals surface area contributed by atoms with Crippen molar-refractivity contribution in [3.05, 3.63) is 11.6 Å². The lowest BCUT2D eigenvalue weighted by Crippen LogP contribution is -2.46. The number of rotatable bonds is 3. The van der Waals surface area contributed by atoms with Crippen molar-refractivity contribution in [2.75, 3.05) is 13.1 Å². The zero-order valence-corrected chi connectivity index (χ0v) is 11.3. The van der Waals surface area contributed by atoms with Crippen LogP contribution >= 0.6 is 0 Å². The third kappa shape index (κ3) is 3.30. The molecule has 1 aliphatic rings. The van der Waals surface area contributed by atoms with Crippen molar-refractivity contribution >= 4 is 11.8 Å². The summed E-state index contributed by atoms with van der Waals surface area (Å²) in [5.74, 6) is 0.787. The van der Waals surface area contributed by atoms with Crippen molar-refractivity contribution < 1.29 is 9.59 Å². The number of nitrogens with one attached hydrogen (secondary N) is 2. The highest BCUT2D eigenvalue weighted by atomic mass is 16.2. The van der Waals surface area contributed by atoms with Crippen molar-refractivity contribution in [3.63, 3.8) is 0 Å². The number of carbonyl (C=O) groups is 2. The van der Waals surface area contributed by atoms with Crippen LogP contribution in [0.2, 0.25) is 0 Å². The first-order valence-corrected chi connectivity index (χ1v) is 6.57. The average Bonchev–Trinajstić information content (AvgIpc) is 2.87. The smallest absolute Gasteiger partial charge is 0.293 e. The topological polar surface area (TPSA) is 91.0 Å². The molecule has 0 saturated carbocycles. The van der Waals surface area contributed by atoms with Crippen LogP contribution in [0.3, 0.4) is 0 Å². The fourth-order valence-electron chi connectivity index (χ4n) is 2.20. The first-order chi connectivity index (χ1) is 9.10. The number of aromatic amines is 1. The number of aromatic nitrogens is 3.